The average molecular weight is 257 g/mol. The minimum Gasteiger partial charge on any atom is -0.496 e. The molecule has 19 heavy (non-hydrogen) atoms. The number of para-hydroxylation sites is 1. The molecule has 3 heteroatoms. The third kappa shape index (κ3) is 3.06. The quantitative estimate of drug-likeness (QED) is 0.895. The fourth-order valence-electron chi connectivity index (χ4n) is 2.03. The van der Waals surface area contributed by atoms with Crippen LogP contribution < -0.4 is 15.2 Å². The maximum absolute atomic E-state index is 5.58. The van der Waals surface area contributed by atoms with Gasteiger partial charge in [0.2, 0.25) is 0 Å². The zero-order valence-electron chi connectivity index (χ0n) is 11.3. The lowest BCUT2D eigenvalue weighted by Gasteiger charge is -2.12. The lowest BCUT2D eigenvalue weighted by atomic mass is 10.0. The number of nitrogens with two attached hydrogens (primary N) is 1. The molecule has 0 aliphatic heterocycles. The fourth-order valence-corrected chi connectivity index (χ4v) is 2.03. The molecule has 0 amide bonds. The molecular weight excluding hydrogens is 238 g/mol. The molecule has 0 aliphatic carbocycles. The summed E-state index contributed by atoms with van der Waals surface area (Å²) >= 11 is 0. The van der Waals surface area contributed by atoms with Crippen LogP contribution in [0.5, 0.6) is 11.5 Å². The highest BCUT2D eigenvalue weighted by Gasteiger charge is 2.07. The number of ether oxygens (including phenoxy) is 2. The predicted molar refractivity (Wildman–Crippen MR) is 77.7 cm³/mol. The number of rotatable bonds is 5. The molecule has 0 aromatic heterocycles. The van der Waals surface area contributed by atoms with Crippen LogP contribution in [0.4, 0.5) is 0 Å². The summed E-state index contributed by atoms with van der Waals surface area (Å²) in [5.74, 6) is 1.75. The van der Waals surface area contributed by atoms with E-state index in [1.807, 2.05) is 43.3 Å². The van der Waals surface area contributed by atoms with Gasteiger partial charge < -0.3 is 15.2 Å². The zero-order valence-corrected chi connectivity index (χ0v) is 11.3. The minimum absolute atomic E-state index is 0.522. The van der Waals surface area contributed by atoms with Crippen molar-refractivity contribution in [2.24, 2.45) is 5.73 Å². The topological polar surface area (TPSA) is 44.5 Å². The van der Waals surface area contributed by atoms with Crippen molar-refractivity contribution in [3.63, 3.8) is 0 Å². The van der Waals surface area contributed by atoms with Crippen molar-refractivity contribution in [1.29, 1.82) is 0 Å². The van der Waals surface area contributed by atoms with Crippen LogP contribution in [0, 0.1) is 6.92 Å². The van der Waals surface area contributed by atoms with Crippen LogP contribution in [0.2, 0.25) is 0 Å². The first-order valence-electron chi connectivity index (χ1n) is 6.33. The second-order valence-electron chi connectivity index (χ2n) is 4.32. The largest absolute Gasteiger partial charge is 0.496 e. The Kier molecular flexibility index (Phi) is 4.42. The van der Waals surface area contributed by atoms with Crippen molar-refractivity contribution in [2.45, 2.75) is 6.92 Å². The van der Waals surface area contributed by atoms with Gasteiger partial charge in [-0.05, 0) is 36.2 Å². The summed E-state index contributed by atoms with van der Waals surface area (Å²) < 4.78 is 11.0. The molecule has 2 rings (SSSR count). The van der Waals surface area contributed by atoms with Gasteiger partial charge in [0.15, 0.2) is 0 Å². The molecule has 0 radical (unpaired) electrons. The van der Waals surface area contributed by atoms with E-state index in [1.165, 1.54) is 0 Å². The molecule has 0 saturated heterocycles. The lowest BCUT2D eigenvalue weighted by molar-refractivity contribution is 0.326. The Hall–Kier alpha value is -2.00. The highest BCUT2D eigenvalue weighted by Crippen LogP contribution is 2.32. The van der Waals surface area contributed by atoms with Gasteiger partial charge in [-0.1, -0.05) is 24.3 Å². The Morgan fingerprint density at radius 3 is 2.53 bits per heavy atom. The van der Waals surface area contributed by atoms with Crippen molar-refractivity contribution < 1.29 is 9.47 Å². The molecule has 3 nitrogen and oxygen atoms in total. The first-order valence-corrected chi connectivity index (χ1v) is 6.33. The van der Waals surface area contributed by atoms with Crippen molar-refractivity contribution in [3.8, 4) is 22.6 Å². The first-order chi connectivity index (χ1) is 9.26. The maximum atomic E-state index is 5.58. The average Bonchev–Trinajstić information content (AvgIpc) is 2.46. The van der Waals surface area contributed by atoms with E-state index in [0.717, 1.165) is 28.2 Å². The highest BCUT2D eigenvalue weighted by atomic mass is 16.5. The van der Waals surface area contributed by atoms with Gasteiger partial charge >= 0.3 is 0 Å². The van der Waals surface area contributed by atoms with Gasteiger partial charge in [0.05, 0.1) is 7.11 Å². The minimum atomic E-state index is 0.522. The Morgan fingerprint density at radius 1 is 1.05 bits per heavy atom. The van der Waals surface area contributed by atoms with E-state index in [-0.39, 0.29) is 0 Å². The van der Waals surface area contributed by atoms with Crippen LogP contribution in [-0.4, -0.2) is 20.3 Å². The van der Waals surface area contributed by atoms with E-state index in [4.69, 9.17) is 15.2 Å². The predicted octanol–water partition coefficient (Wildman–Crippen LogP) is 3.01. The molecule has 100 valence electrons. The summed E-state index contributed by atoms with van der Waals surface area (Å²) in [5, 5.41) is 0. The van der Waals surface area contributed by atoms with Gasteiger partial charge in [0.25, 0.3) is 0 Å². The molecule has 0 fully saturated rings. The lowest BCUT2D eigenvalue weighted by Crippen LogP contribution is -2.11. The Labute approximate surface area is 114 Å². The standard InChI is InChI=1S/C16H19NO2/c1-12-11-13(7-8-15(12)19-10-9-17)14-5-3-4-6-16(14)18-2/h3-8,11H,9-10,17H2,1-2H3. The summed E-state index contributed by atoms with van der Waals surface area (Å²) in [4.78, 5) is 0. The zero-order chi connectivity index (χ0) is 13.7. The van der Waals surface area contributed by atoms with Crippen molar-refractivity contribution in [3.05, 3.63) is 48.0 Å². The van der Waals surface area contributed by atoms with Gasteiger partial charge in [0, 0.05) is 12.1 Å². The number of methoxy groups -OCH3 is 1. The van der Waals surface area contributed by atoms with Gasteiger partial charge in [-0.15, -0.1) is 0 Å². The molecule has 2 N–H and O–H groups in total. The number of aryl methyl sites for hydroxylation is 1. The van der Waals surface area contributed by atoms with Crippen molar-refractivity contribution in [1.82, 2.24) is 0 Å². The Balaban J connectivity index is 2.33. The summed E-state index contributed by atoms with van der Waals surface area (Å²) in [7, 11) is 1.68. The van der Waals surface area contributed by atoms with E-state index in [0.29, 0.717) is 13.2 Å². The molecule has 2 aromatic carbocycles. The Bertz CT molecular complexity index is 552. The van der Waals surface area contributed by atoms with E-state index in [2.05, 4.69) is 6.07 Å². The monoisotopic (exact) mass is 257 g/mol. The number of hydrogen-bond donors (Lipinski definition) is 1. The normalized spacial score (nSPS) is 10.3. The molecule has 0 unspecified atom stereocenters. The third-order valence-corrected chi connectivity index (χ3v) is 2.97. The van der Waals surface area contributed by atoms with Crippen LogP contribution in [0.25, 0.3) is 11.1 Å². The van der Waals surface area contributed by atoms with Gasteiger partial charge in [0.1, 0.15) is 18.1 Å². The van der Waals surface area contributed by atoms with E-state index in [9.17, 15) is 0 Å². The molecule has 0 bridgehead atoms. The maximum Gasteiger partial charge on any atom is 0.126 e. The van der Waals surface area contributed by atoms with E-state index < -0.39 is 0 Å². The molecule has 0 spiro atoms. The van der Waals surface area contributed by atoms with Crippen LogP contribution in [0.3, 0.4) is 0 Å². The van der Waals surface area contributed by atoms with E-state index >= 15 is 0 Å². The van der Waals surface area contributed by atoms with E-state index in [1.54, 1.807) is 7.11 Å². The molecular formula is C16H19NO2. The Morgan fingerprint density at radius 2 is 1.84 bits per heavy atom. The molecule has 2 aromatic rings. The summed E-state index contributed by atoms with van der Waals surface area (Å²) in [5.41, 5.74) is 8.74. The third-order valence-electron chi connectivity index (χ3n) is 2.97. The second-order valence-corrected chi connectivity index (χ2v) is 4.32. The first kappa shape index (κ1) is 13.4. The van der Waals surface area contributed by atoms with Gasteiger partial charge in [-0.25, -0.2) is 0 Å². The highest BCUT2D eigenvalue weighted by molar-refractivity contribution is 5.71. The van der Waals surface area contributed by atoms with Crippen LogP contribution in [0.15, 0.2) is 42.5 Å². The van der Waals surface area contributed by atoms with Crippen LogP contribution >= 0.6 is 0 Å². The van der Waals surface area contributed by atoms with Crippen molar-refractivity contribution in [2.75, 3.05) is 20.3 Å². The van der Waals surface area contributed by atoms with Gasteiger partial charge in [-0.2, -0.15) is 0 Å². The van der Waals surface area contributed by atoms with Crippen LogP contribution in [0.1, 0.15) is 5.56 Å². The molecule has 0 atom stereocenters. The SMILES string of the molecule is COc1ccccc1-c1ccc(OCCN)c(C)c1. The molecule has 0 aliphatic rings. The number of benzene rings is 2. The fraction of sp³-hybridized carbons (Fsp3) is 0.250. The molecule has 0 heterocycles. The smallest absolute Gasteiger partial charge is 0.126 e. The molecule has 0 saturated carbocycles. The second kappa shape index (κ2) is 6.25. The summed E-state index contributed by atoms with van der Waals surface area (Å²) in [6.07, 6.45) is 0. The summed E-state index contributed by atoms with van der Waals surface area (Å²) in [6.45, 7) is 3.09. The number of hydrogen-bond acceptors (Lipinski definition) is 3. The van der Waals surface area contributed by atoms with Crippen LogP contribution in [-0.2, 0) is 0 Å². The van der Waals surface area contributed by atoms with Crippen molar-refractivity contribution >= 4 is 0 Å². The van der Waals surface area contributed by atoms with Gasteiger partial charge in [-0.3, -0.25) is 0 Å². The summed E-state index contributed by atoms with van der Waals surface area (Å²) in [6, 6.07) is 14.1.